The van der Waals surface area contributed by atoms with Gasteiger partial charge in [-0.1, -0.05) is 24.3 Å². The minimum absolute atomic E-state index is 0.0273. The van der Waals surface area contributed by atoms with Crippen molar-refractivity contribution in [1.29, 1.82) is 0 Å². The van der Waals surface area contributed by atoms with Crippen molar-refractivity contribution in [3.63, 3.8) is 0 Å². The summed E-state index contributed by atoms with van der Waals surface area (Å²) in [5.74, 6) is -2.77. The maximum absolute atomic E-state index is 14.0. The fourth-order valence-electron chi connectivity index (χ4n) is 3.60. The summed E-state index contributed by atoms with van der Waals surface area (Å²) < 4.78 is 50.2. The van der Waals surface area contributed by atoms with Gasteiger partial charge in [0.25, 0.3) is 11.4 Å². The van der Waals surface area contributed by atoms with Gasteiger partial charge in [0.2, 0.25) is 0 Å². The van der Waals surface area contributed by atoms with Crippen LogP contribution in [0, 0.1) is 20.2 Å². The van der Waals surface area contributed by atoms with Crippen molar-refractivity contribution in [3.8, 4) is 0 Å². The zero-order valence-electron chi connectivity index (χ0n) is 21.0. The van der Waals surface area contributed by atoms with E-state index in [9.17, 15) is 29.4 Å². The highest BCUT2D eigenvalue weighted by molar-refractivity contribution is 7.55. The number of benzene rings is 2. The number of nitrogens with zero attached hydrogens (tertiary/aromatic N) is 2. The largest absolute Gasteiger partial charge is 0.351 e. The summed E-state index contributed by atoms with van der Waals surface area (Å²) in [5.41, 5.74) is -0.272. The van der Waals surface area contributed by atoms with Crippen LogP contribution in [-0.2, 0) is 27.2 Å². The lowest BCUT2D eigenvalue weighted by molar-refractivity contribution is -0.385. The molecule has 0 saturated carbocycles. The van der Waals surface area contributed by atoms with Crippen LogP contribution in [0.5, 0.6) is 0 Å². The van der Waals surface area contributed by atoms with Gasteiger partial charge >= 0.3 is 15.2 Å². The summed E-state index contributed by atoms with van der Waals surface area (Å²) in [6.45, 7) is 6.28. The molecule has 1 N–H and O–H groups in total. The van der Waals surface area contributed by atoms with Gasteiger partial charge in [-0.15, -0.1) is 0 Å². The number of nitro groups is 2. The second kappa shape index (κ2) is 13.9. The molecule has 2 aromatic rings. The smallest absolute Gasteiger partial charge is 0.308 e. The van der Waals surface area contributed by atoms with E-state index in [4.69, 9.17) is 18.1 Å². The molecule has 0 saturated heterocycles. The Bertz CT molecular complexity index is 1070. The maximum atomic E-state index is 14.0. The van der Waals surface area contributed by atoms with E-state index in [2.05, 4.69) is 5.32 Å². The minimum atomic E-state index is -4.11. The van der Waals surface area contributed by atoms with E-state index in [0.29, 0.717) is 0 Å². The number of nitro benzene ring substituents is 2. The van der Waals surface area contributed by atoms with Crippen molar-refractivity contribution >= 4 is 26.6 Å². The molecule has 2 atom stereocenters. The molecule has 0 amide bonds. The molecule has 0 aliphatic rings. The number of hydrogen-bond donors (Lipinski definition) is 1. The summed E-state index contributed by atoms with van der Waals surface area (Å²) >= 11 is 0. The van der Waals surface area contributed by atoms with Crippen molar-refractivity contribution in [2.45, 2.75) is 39.3 Å². The highest BCUT2D eigenvalue weighted by Gasteiger charge is 2.45. The van der Waals surface area contributed by atoms with Gasteiger partial charge in [-0.25, -0.2) is 0 Å². The van der Waals surface area contributed by atoms with Crippen LogP contribution in [0.25, 0.3) is 0 Å². The first-order valence-corrected chi connectivity index (χ1v) is 14.8. The van der Waals surface area contributed by atoms with Gasteiger partial charge in [-0.2, -0.15) is 0 Å². The van der Waals surface area contributed by atoms with Crippen molar-refractivity contribution in [3.05, 3.63) is 79.9 Å². The van der Waals surface area contributed by atoms with Crippen molar-refractivity contribution in [2.24, 2.45) is 0 Å². The van der Waals surface area contributed by atoms with E-state index in [-0.39, 0.29) is 48.9 Å². The average Bonchev–Trinajstić information content (AvgIpc) is 2.85. The van der Waals surface area contributed by atoms with E-state index < -0.39 is 36.6 Å². The van der Waals surface area contributed by atoms with Crippen molar-refractivity contribution < 1.29 is 37.1 Å². The van der Waals surface area contributed by atoms with Crippen LogP contribution in [0.2, 0.25) is 0 Å². The third-order valence-electron chi connectivity index (χ3n) is 4.98. The second-order valence-electron chi connectivity index (χ2n) is 7.43. The van der Waals surface area contributed by atoms with Crippen molar-refractivity contribution in [2.75, 3.05) is 26.4 Å². The Labute approximate surface area is 214 Å². The summed E-state index contributed by atoms with van der Waals surface area (Å²) in [6.07, 6.45) is 0. The van der Waals surface area contributed by atoms with Gasteiger partial charge in [0.05, 0.1) is 36.3 Å². The number of nitrogens with one attached hydrogen (secondary N) is 1. The van der Waals surface area contributed by atoms with E-state index in [1.165, 1.54) is 48.5 Å². The van der Waals surface area contributed by atoms with E-state index >= 15 is 0 Å². The molecule has 0 bridgehead atoms. The zero-order valence-corrected chi connectivity index (χ0v) is 22.8. The highest BCUT2D eigenvalue weighted by atomic mass is 31.2. The van der Waals surface area contributed by atoms with Gasteiger partial charge in [0.1, 0.15) is 11.6 Å². The number of non-ortho nitro benzene ring substituents is 2. The quantitative estimate of drug-likeness (QED) is 0.139. The Balaban J connectivity index is 2.80. The van der Waals surface area contributed by atoms with E-state index in [1.54, 1.807) is 27.7 Å². The van der Waals surface area contributed by atoms with Gasteiger partial charge in [-0.05, 0) is 38.8 Å². The Morgan fingerprint density at radius 2 is 1.03 bits per heavy atom. The first kappa shape index (κ1) is 30.7. The van der Waals surface area contributed by atoms with Crippen molar-refractivity contribution in [1.82, 2.24) is 5.32 Å². The predicted octanol–water partition coefficient (Wildman–Crippen LogP) is 6.32. The molecular formula is C22H31N3O10P2. The zero-order chi connectivity index (χ0) is 27.6. The molecular weight excluding hydrogens is 528 g/mol. The molecule has 0 unspecified atom stereocenters. The first-order chi connectivity index (χ1) is 17.5. The standard InChI is InChI=1S/C22H31N3O10P2/c1-5-32-36(30,33-6-2)21(17-11-9-13-19(15-17)24(26)27)23-22(37(31,34-7-3)35-8-4)18-12-10-14-20(16-18)25(28)29/h9-16,21-23H,5-8H2,1-4H3/t21-,22-/m1/s1. The molecule has 0 spiro atoms. The van der Waals surface area contributed by atoms with Gasteiger partial charge in [0, 0.05) is 24.3 Å². The fraction of sp³-hybridized carbons (Fsp3) is 0.455. The number of rotatable bonds is 16. The van der Waals surface area contributed by atoms with Crippen LogP contribution >= 0.6 is 15.2 Å². The third-order valence-corrected chi connectivity index (χ3v) is 9.61. The molecule has 37 heavy (non-hydrogen) atoms. The Hall–Kier alpha value is -2.50. The van der Waals surface area contributed by atoms with Gasteiger partial charge < -0.3 is 18.1 Å². The SMILES string of the molecule is CCOP(=O)(OCC)[C@@H](N[C@@H](c1cccc([N+](=O)[O-])c1)P(=O)(OCC)OCC)c1cccc([N+](=O)[O-])c1. The van der Waals surface area contributed by atoms with Crippen LogP contribution in [0.15, 0.2) is 48.5 Å². The van der Waals surface area contributed by atoms with Crippen LogP contribution in [-0.4, -0.2) is 36.3 Å². The molecule has 0 aromatic heterocycles. The average molecular weight is 559 g/mol. The van der Waals surface area contributed by atoms with Crippen LogP contribution in [0.4, 0.5) is 11.4 Å². The van der Waals surface area contributed by atoms with Crippen LogP contribution in [0.3, 0.4) is 0 Å². The lowest BCUT2D eigenvalue weighted by atomic mass is 10.1. The Morgan fingerprint density at radius 1 is 0.703 bits per heavy atom. The lowest BCUT2D eigenvalue weighted by Crippen LogP contribution is -2.29. The molecule has 204 valence electrons. The molecule has 0 radical (unpaired) electrons. The first-order valence-electron chi connectivity index (χ1n) is 11.6. The summed E-state index contributed by atoms with van der Waals surface area (Å²) in [5, 5.41) is 25.9. The topological polar surface area (TPSA) is 169 Å². The summed E-state index contributed by atoms with van der Waals surface area (Å²) in [6, 6.07) is 10.7. The minimum Gasteiger partial charge on any atom is -0.308 e. The third kappa shape index (κ3) is 7.75. The molecule has 0 aliphatic heterocycles. The van der Waals surface area contributed by atoms with Crippen LogP contribution < -0.4 is 5.32 Å². The number of hydrogen-bond acceptors (Lipinski definition) is 11. The highest BCUT2D eigenvalue weighted by Crippen LogP contribution is 2.65. The predicted molar refractivity (Wildman–Crippen MR) is 137 cm³/mol. The maximum Gasteiger partial charge on any atom is 0.351 e. The Kier molecular flexibility index (Phi) is 11.5. The molecule has 0 fully saturated rings. The molecule has 2 rings (SSSR count). The van der Waals surface area contributed by atoms with Gasteiger partial charge in [-0.3, -0.25) is 34.7 Å². The normalized spacial score (nSPS) is 13.7. The monoisotopic (exact) mass is 559 g/mol. The summed E-state index contributed by atoms with van der Waals surface area (Å²) in [7, 11) is -8.23. The molecule has 0 aliphatic carbocycles. The van der Waals surface area contributed by atoms with E-state index in [0.717, 1.165) is 0 Å². The molecule has 13 nitrogen and oxygen atoms in total. The molecule has 2 aromatic carbocycles. The Morgan fingerprint density at radius 3 is 1.30 bits per heavy atom. The second-order valence-corrected chi connectivity index (χ2v) is 11.7. The fourth-order valence-corrected chi connectivity index (χ4v) is 7.62. The van der Waals surface area contributed by atoms with E-state index in [1.807, 2.05) is 0 Å². The van der Waals surface area contributed by atoms with Gasteiger partial charge in [0.15, 0.2) is 0 Å². The molecule has 0 heterocycles. The lowest BCUT2D eigenvalue weighted by Gasteiger charge is -2.34. The van der Waals surface area contributed by atoms with Crippen LogP contribution in [0.1, 0.15) is 50.4 Å². The molecule has 15 heteroatoms. The summed E-state index contributed by atoms with van der Waals surface area (Å²) in [4.78, 5) is 21.7.